The lowest BCUT2D eigenvalue weighted by Gasteiger charge is -2.12. The second kappa shape index (κ2) is 7.42. The summed E-state index contributed by atoms with van der Waals surface area (Å²) in [7, 11) is 0. The molecule has 0 saturated heterocycles. The van der Waals surface area contributed by atoms with Gasteiger partial charge in [-0.3, -0.25) is 9.59 Å². The lowest BCUT2D eigenvalue weighted by atomic mass is 10.2. The molecule has 0 fully saturated rings. The Morgan fingerprint density at radius 2 is 1.90 bits per heavy atom. The van der Waals surface area contributed by atoms with Crippen molar-refractivity contribution in [2.75, 3.05) is 11.9 Å². The van der Waals surface area contributed by atoms with Gasteiger partial charge in [-0.25, -0.2) is 0 Å². The third kappa shape index (κ3) is 5.21. The quantitative estimate of drug-likeness (QED) is 0.816. The fourth-order valence-electron chi connectivity index (χ4n) is 1.26. The van der Waals surface area contributed by atoms with Crippen LogP contribution in [0.15, 0.2) is 24.3 Å². The standard InChI is InChI=1S/C13H15F2NO4/c1-8(2)12(18)19-7-11(17)16-9-5-3-4-6-10(9)20-13(14)15/h3-6,8,13H,7H2,1-2H3,(H,16,17). The third-order valence-corrected chi connectivity index (χ3v) is 2.19. The van der Waals surface area contributed by atoms with Crippen LogP contribution in [-0.4, -0.2) is 25.1 Å². The maximum absolute atomic E-state index is 12.2. The number of hydrogen-bond donors (Lipinski definition) is 1. The maximum Gasteiger partial charge on any atom is 0.387 e. The summed E-state index contributed by atoms with van der Waals surface area (Å²) in [5.41, 5.74) is 0.0818. The highest BCUT2D eigenvalue weighted by Gasteiger charge is 2.14. The predicted molar refractivity (Wildman–Crippen MR) is 67.5 cm³/mol. The second-order valence-electron chi connectivity index (χ2n) is 4.19. The average molecular weight is 287 g/mol. The van der Waals surface area contributed by atoms with Gasteiger partial charge in [-0.1, -0.05) is 26.0 Å². The fourth-order valence-corrected chi connectivity index (χ4v) is 1.26. The number of anilines is 1. The summed E-state index contributed by atoms with van der Waals surface area (Å²) in [4.78, 5) is 22.7. The number of nitrogens with one attached hydrogen (secondary N) is 1. The highest BCUT2D eigenvalue weighted by atomic mass is 19.3. The zero-order valence-electron chi connectivity index (χ0n) is 11.1. The molecule has 0 aliphatic heterocycles. The Hall–Kier alpha value is -2.18. The topological polar surface area (TPSA) is 64.6 Å². The average Bonchev–Trinajstić information content (AvgIpc) is 2.37. The van der Waals surface area contributed by atoms with Crippen molar-refractivity contribution >= 4 is 17.6 Å². The summed E-state index contributed by atoms with van der Waals surface area (Å²) < 4.78 is 33.3. The van der Waals surface area contributed by atoms with Crippen LogP contribution in [0.5, 0.6) is 5.75 Å². The summed E-state index contributed by atoms with van der Waals surface area (Å²) in [6, 6.07) is 5.74. The molecular weight excluding hydrogens is 272 g/mol. The van der Waals surface area contributed by atoms with Crippen molar-refractivity contribution in [3.8, 4) is 5.75 Å². The molecule has 0 unspecified atom stereocenters. The number of rotatable bonds is 6. The monoisotopic (exact) mass is 287 g/mol. The minimum atomic E-state index is -2.99. The van der Waals surface area contributed by atoms with E-state index in [1.807, 2.05) is 0 Å². The van der Waals surface area contributed by atoms with Gasteiger partial charge in [0.25, 0.3) is 5.91 Å². The third-order valence-electron chi connectivity index (χ3n) is 2.19. The Morgan fingerprint density at radius 3 is 2.50 bits per heavy atom. The zero-order chi connectivity index (χ0) is 15.1. The van der Waals surface area contributed by atoms with Crippen LogP contribution in [0.2, 0.25) is 0 Å². The molecule has 0 aliphatic rings. The first kappa shape index (κ1) is 15.9. The summed E-state index contributed by atoms with van der Waals surface area (Å²) in [5, 5.41) is 2.34. The normalized spacial score (nSPS) is 10.5. The molecule has 7 heteroatoms. The molecule has 5 nitrogen and oxygen atoms in total. The minimum Gasteiger partial charge on any atom is -0.455 e. The summed E-state index contributed by atoms with van der Waals surface area (Å²) in [6.45, 7) is -0.218. The Balaban J connectivity index is 2.59. The van der Waals surface area contributed by atoms with Gasteiger partial charge in [0.2, 0.25) is 0 Å². The van der Waals surface area contributed by atoms with Gasteiger partial charge in [0, 0.05) is 0 Å². The number of carbonyl (C=O) groups is 2. The van der Waals surface area contributed by atoms with Gasteiger partial charge in [0.15, 0.2) is 6.61 Å². The number of esters is 1. The lowest BCUT2D eigenvalue weighted by molar-refractivity contribution is -0.150. The van der Waals surface area contributed by atoms with Crippen LogP contribution < -0.4 is 10.1 Å². The highest BCUT2D eigenvalue weighted by molar-refractivity contribution is 5.94. The fraction of sp³-hybridized carbons (Fsp3) is 0.385. The van der Waals surface area contributed by atoms with Crippen LogP contribution in [-0.2, 0) is 14.3 Å². The smallest absolute Gasteiger partial charge is 0.387 e. The van der Waals surface area contributed by atoms with E-state index in [0.717, 1.165) is 0 Å². The molecule has 0 radical (unpaired) electrons. The molecule has 0 spiro atoms. The molecule has 0 bridgehead atoms. The van der Waals surface area contributed by atoms with E-state index in [9.17, 15) is 18.4 Å². The summed E-state index contributed by atoms with van der Waals surface area (Å²) in [6.07, 6.45) is 0. The van der Waals surface area contributed by atoms with E-state index >= 15 is 0 Å². The van der Waals surface area contributed by atoms with Crippen LogP contribution in [0.25, 0.3) is 0 Å². The van der Waals surface area contributed by atoms with Crippen molar-refractivity contribution in [3.63, 3.8) is 0 Å². The molecule has 0 aromatic heterocycles. The predicted octanol–water partition coefficient (Wildman–Crippen LogP) is 2.43. The largest absolute Gasteiger partial charge is 0.455 e. The van der Waals surface area contributed by atoms with Crippen LogP contribution in [0, 0.1) is 5.92 Å². The number of amides is 1. The van der Waals surface area contributed by atoms with Gasteiger partial charge < -0.3 is 14.8 Å². The SMILES string of the molecule is CC(C)C(=O)OCC(=O)Nc1ccccc1OC(F)F. The minimum absolute atomic E-state index is 0.0818. The van der Waals surface area contributed by atoms with E-state index in [1.54, 1.807) is 19.9 Å². The van der Waals surface area contributed by atoms with E-state index in [2.05, 4.69) is 10.1 Å². The van der Waals surface area contributed by atoms with E-state index in [4.69, 9.17) is 4.74 Å². The molecule has 1 aromatic carbocycles. The summed E-state index contributed by atoms with van der Waals surface area (Å²) in [5.74, 6) is -1.66. The second-order valence-corrected chi connectivity index (χ2v) is 4.19. The van der Waals surface area contributed by atoms with Gasteiger partial charge >= 0.3 is 12.6 Å². The van der Waals surface area contributed by atoms with Crippen LogP contribution in [0.1, 0.15) is 13.8 Å². The van der Waals surface area contributed by atoms with Gasteiger partial charge in [-0.05, 0) is 12.1 Å². The zero-order valence-corrected chi connectivity index (χ0v) is 11.1. The molecular formula is C13H15F2NO4. The van der Waals surface area contributed by atoms with Gasteiger partial charge in [0.1, 0.15) is 5.75 Å². The first-order valence-corrected chi connectivity index (χ1v) is 5.90. The Kier molecular flexibility index (Phi) is 5.89. The number of para-hydroxylation sites is 2. The molecule has 0 atom stereocenters. The highest BCUT2D eigenvalue weighted by Crippen LogP contribution is 2.25. The van der Waals surface area contributed by atoms with Gasteiger partial charge in [-0.2, -0.15) is 8.78 Å². The van der Waals surface area contributed by atoms with Crippen LogP contribution in [0.3, 0.4) is 0 Å². The number of halogens is 2. The molecule has 1 N–H and O–H groups in total. The number of hydrogen-bond acceptors (Lipinski definition) is 4. The Morgan fingerprint density at radius 1 is 1.25 bits per heavy atom. The van der Waals surface area contributed by atoms with E-state index in [1.165, 1.54) is 18.2 Å². The molecule has 1 amide bonds. The molecule has 0 heterocycles. The number of alkyl halides is 2. The summed E-state index contributed by atoms with van der Waals surface area (Å²) >= 11 is 0. The molecule has 1 aromatic rings. The van der Waals surface area contributed by atoms with E-state index in [0.29, 0.717) is 0 Å². The molecule has 0 aliphatic carbocycles. The van der Waals surface area contributed by atoms with Crippen LogP contribution >= 0.6 is 0 Å². The number of carbonyl (C=O) groups excluding carboxylic acids is 2. The Bertz CT molecular complexity index is 477. The maximum atomic E-state index is 12.2. The number of benzene rings is 1. The molecule has 1 rings (SSSR count). The molecule has 110 valence electrons. The first-order chi connectivity index (χ1) is 9.40. The van der Waals surface area contributed by atoms with Crippen molar-refractivity contribution < 1.29 is 27.8 Å². The van der Waals surface area contributed by atoms with Crippen molar-refractivity contribution in [3.05, 3.63) is 24.3 Å². The van der Waals surface area contributed by atoms with Crippen molar-refractivity contribution in [1.29, 1.82) is 0 Å². The van der Waals surface area contributed by atoms with Crippen molar-refractivity contribution in [2.24, 2.45) is 5.92 Å². The van der Waals surface area contributed by atoms with E-state index < -0.39 is 25.1 Å². The van der Waals surface area contributed by atoms with Crippen molar-refractivity contribution in [1.82, 2.24) is 0 Å². The van der Waals surface area contributed by atoms with Crippen LogP contribution in [0.4, 0.5) is 14.5 Å². The number of ether oxygens (including phenoxy) is 2. The first-order valence-electron chi connectivity index (χ1n) is 5.90. The molecule has 0 saturated carbocycles. The van der Waals surface area contributed by atoms with Gasteiger partial charge in [-0.15, -0.1) is 0 Å². The van der Waals surface area contributed by atoms with Gasteiger partial charge in [0.05, 0.1) is 11.6 Å². The lowest BCUT2D eigenvalue weighted by Crippen LogP contribution is -2.23. The molecule has 20 heavy (non-hydrogen) atoms. The van der Waals surface area contributed by atoms with E-state index in [-0.39, 0.29) is 17.4 Å². The Labute approximate surface area is 114 Å². The van der Waals surface area contributed by atoms with Crippen molar-refractivity contribution in [2.45, 2.75) is 20.5 Å².